The molecule has 0 radical (unpaired) electrons. The fourth-order valence-electron chi connectivity index (χ4n) is 4.29. The van der Waals surface area contributed by atoms with E-state index < -0.39 is 17.6 Å². The highest BCUT2D eigenvalue weighted by atomic mass is 19.4. The molecule has 4 rings (SSSR count). The molecule has 2 N–H and O–H groups in total. The molecule has 39 heavy (non-hydrogen) atoms. The molecule has 3 aromatic rings. The molecule has 0 saturated carbocycles. The van der Waals surface area contributed by atoms with Crippen molar-refractivity contribution in [3.05, 3.63) is 82.2 Å². The number of piperazine rings is 1. The Hall–Kier alpha value is -3.94. The van der Waals surface area contributed by atoms with Crippen molar-refractivity contribution in [2.75, 3.05) is 50.9 Å². The lowest BCUT2D eigenvalue weighted by atomic mass is 10.0. The summed E-state index contributed by atoms with van der Waals surface area (Å²) in [6.45, 7) is 5.62. The van der Waals surface area contributed by atoms with Crippen LogP contribution in [0.2, 0.25) is 0 Å². The second-order valence-electron chi connectivity index (χ2n) is 9.47. The fourth-order valence-corrected chi connectivity index (χ4v) is 4.29. The van der Waals surface area contributed by atoms with E-state index in [2.05, 4.69) is 42.2 Å². The third kappa shape index (κ3) is 7.56. The number of aromatic nitrogens is 2. The van der Waals surface area contributed by atoms with Gasteiger partial charge in [-0.3, -0.25) is 9.69 Å². The van der Waals surface area contributed by atoms with Gasteiger partial charge >= 0.3 is 6.18 Å². The van der Waals surface area contributed by atoms with Gasteiger partial charge in [-0.1, -0.05) is 24.8 Å². The van der Waals surface area contributed by atoms with Crippen LogP contribution in [-0.4, -0.2) is 65.9 Å². The van der Waals surface area contributed by atoms with Crippen molar-refractivity contribution in [2.45, 2.75) is 26.1 Å². The minimum atomic E-state index is -4.53. The zero-order valence-corrected chi connectivity index (χ0v) is 22.2. The summed E-state index contributed by atoms with van der Waals surface area (Å²) in [5, 5.41) is 5.51. The topological polar surface area (TPSA) is 73.4 Å². The molecular formula is C29H31F3N6O. The van der Waals surface area contributed by atoms with Crippen molar-refractivity contribution in [2.24, 2.45) is 0 Å². The number of benzene rings is 2. The van der Waals surface area contributed by atoms with Crippen molar-refractivity contribution in [1.29, 1.82) is 0 Å². The maximum atomic E-state index is 13.7. The van der Waals surface area contributed by atoms with Crippen molar-refractivity contribution in [1.82, 2.24) is 19.8 Å². The lowest BCUT2D eigenvalue weighted by Crippen LogP contribution is -2.43. The molecule has 2 heterocycles. The molecule has 1 aromatic heterocycles. The Bertz CT molecular complexity index is 1370. The number of alkyl halides is 3. The Morgan fingerprint density at radius 1 is 1.03 bits per heavy atom. The number of likely N-dealkylation sites (N-methyl/N-ethyl adjacent to an activating group) is 1. The Kier molecular flexibility index (Phi) is 8.84. The van der Waals surface area contributed by atoms with Gasteiger partial charge < -0.3 is 15.5 Å². The summed E-state index contributed by atoms with van der Waals surface area (Å²) >= 11 is 0. The second kappa shape index (κ2) is 12.3. The number of halogens is 3. The van der Waals surface area contributed by atoms with Crippen LogP contribution in [0.1, 0.15) is 45.1 Å². The zero-order valence-electron chi connectivity index (χ0n) is 22.2. The number of carbonyl (C=O) groups excluding carboxylic acids is 1. The van der Waals surface area contributed by atoms with E-state index in [9.17, 15) is 18.0 Å². The molecule has 1 aliphatic heterocycles. The number of nitrogens with one attached hydrogen (secondary N) is 2. The van der Waals surface area contributed by atoms with Gasteiger partial charge in [-0.25, -0.2) is 9.97 Å². The summed E-state index contributed by atoms with van der Waals surface area (Å²) in [5.74, 6) is 6.06. The fraction of sp³-hybridized carbons (Fsp3) is 0.345. The quantitative estimate of drug-likeness (QED) is 0.452. The third-order valence-corrected chi connectivity index (χ3v) is 6.55. The van der Waals surface area contributed by atoms with E-state index in [0.717, 1.165) is 43.9 Å². The Labute approximate surface area is 226 Å². The number of aryl methyl sites for hydroxylation is 1. The highest BCUT2D eigenvalue weighted by Gasteiger charge is 2.31. The highest BCUT2D eigenvalue weighted by molar-refractivity contribution is 6.04. The summed E-state index contributed by atoms with van der Waals surface area (Å²) in [5.41, 5.74) is 2.34. The minimum absolute atomic E-state index is 0.105. The molecule has 1 aliphatic rings. The largest absolute Gasteiger partial charge is 0.416 e. The molecular weight excluding hydrogens is 505 g/mol. The normalized spacial score (nSPS) is 14.4. The smallest absolute Gasteiger partial charge is 0.357 e. The summed E-state index contributed by atoms with van der Waals surface area (Å²) in [7, 11) is 3.74. The number of anilines is 2. The van der Waals surface area contributed by atoms with E-state index in [1.54, 1.807) is 37.6 Å². The maximum Gasteiger partial charge on any atom is 0.416 e. The van der Waals surface area contributed by atoms with Crippen LogP contribution in [0.25, 0.3) is 0 Å². The lowest BCUT2D eigenvalue weighted by Gasteiger charge is -2.32. The molecule has 0 aliphatic carbocycles. The van der Waals surface area contributed by atoms with Crippen LogP contribution >= 0.6 is 0 Å². The molecule has 0 spiro atoms. The van der Waals surface area contributed by atoms with E-state index in [4.69, 9.17) is 0 Å². The molecule has 1 amide bonds. The minimum Gasteiger partial charge on any atom is -0.357 e. The number of amides is 1. The molecule has 1 fully saturated rings. The van der Waals surface area contributed by atoms with E-state index in [-0.39, 0.29) is 5.69 Å². The first-order valence-electron chi connectivity index (χ1n) is 12.7. The monoisotopic (exact) mass is 536 g/mol. The first-order chi connectivity index (χ1) is 18.6. The Balaban J connectivity index is 1.56. The van der Waals surface area contributed by atoms with Gasteiger partial charge in [0.1, 0.15) is 0 Å². The van der Waals surface area contributed by atoms with Crippen molar-refractivity contribution in [3.8, 4) is 11.8 Å². The summed E-state index contributed by atoms with van der Waals surface area (Å²) < 4.78 is 41.0. The molecule has 7 nitrogen and oxygen atoms in total. The van der Waals surface area contributed by atoms with Crippen molar-refractivity contribution in [3.63, 3.8) is 0 Å². The van der Waals surface area contributed by atoms with Crippen molar-refractivity contribution >= 4 is 17.5 Å². The van der Waals surface area contributed by atoms with Gasteiger partial charge in [0.2, 0.25) is 5.95 Å². The van der Waals surface area contributed by atoms with Crippen LogP contribution in [0.3, 0.4) is 0 Å². The van der Waals surface area contributed by atoms with Crippen LogP contribution in [0.5, 0.6) is 0 Å². The van der Waals surface area contributed by atoms with E-state index in [1.807, 2.05) is 20.0 Å². The van der Waals surface area contributed by atoms with Gasteiger partial charge in [0.05, 0.1) is 11.1 Å². The third-order valence-electron chi connectivity index (χ3n) is 6.55. The van der Waals surface area contributed by atoms with Crippen LogP contribution in [0.4, 0.5) is 24.8 Å². The van der Waals surface area contributed by atoms with Gasteiger partial charge in [0.25, 0.3) is 5.91 Å². The predicted molar refractivity (Wildman–Crippen MR) is 146 cm³/mol. The first-order valence-corrected chi connectivity index (χ1v) is 12.7. The van der Waals surface area contributed by atoms with Gasteiger partial charge in [-0.15, -0.1) is 0 Å². The highest BCUT2D eigenvalue weighted by Crippen LogP contribution is 2.32. The predicted octanol–water partition coefficient (Wildman–Crippen LogP) is 4.50. The molecule has 1 saturated heterocycles. The maximum absolute atomic E-state index is 13.7. The lowest BCUT2D eigenvalue weighted by molar-refractivity contribution is -0.137. The Morgan fingerprint density at radius 3 is 2.38 bits per heavy atom. The van der Waals surface area contributed by atoms with Gasteiger partial charge in [0, 0.05) is 69.0 Å². The van der Waals surface area contributed by atoms with Crippen LogP contribution in [0.15, 0.2) is 48.8 Å². The number of rotatable bonds is 6. The number of hydrogen-bond donors (Lipinski definition) is 2. The molecule has 10 heteroatoms. The first kappa shape index (κ1) is 28.1. The standard InChI is InChI=1S/C29H31F3N6O/c1-4-22-7-8-24(15-23(22)6-5-20-17-34-28(33-2)35-18-20)27(39)36-26-14-21(13-25(16-26)29(30,31)32)19-38-11-9-37(3)10-12-38/h7-8,13-18H,4,9-12,19H2,1-3H3,(H,36,39)(H,33,34,35). The van der Waals surface area contributed by atoms with E-state index in [0.29, 0.717) is 41.2 Å². The molecule has 2 aromatic carbocycles. The van der Waals surface area contributed by atoms with Gasteiger partial charge in [0.15, 0.2) is 0 Å². The van der Waals surface area contributed by atoms with E-state index >= 15 is 0 Å². The molecule has 0 atom stereocenters. The Morgan fingerprint density at radius 2 is 1.74 bits per heavy atom. The second-order valence-corrected chi connectivity index (χ2v) is 9.47. The molecule has 0 bridgehead atoms. The number of nitrogens with zero attached hydrogens (tertiary/aromatic N) is 4. The van der Waals surface area contributed by atoms with Crippen molar-refractivity contribution < 1.29 is 18.0 Å². The summed E-state index contributed by atoms with van der Waals surface area (Å²) in [4.78, 5) is 25.7. The summed E-state index contributed by atoms with van der Waals surface area (Å²) in [6.07, 6.45) is -0.634. The summed E-state index contributed by atoms with van der Waals surface area (Å²) in [6, 6.07) is 8.86. The van der Waals surface area contributed by atoms with Crippen LogP contribution in [-0.2, 0) is 19.1 Å². The van der Waals surface area contributed by atoms with Gasteiger partial charge in [-0.05, 0) is 54.9 Å². The van der Waals surface area contributed by atoms with E-state index in [1.165, 1.54) is 0 Å². The van der Waals surface area contributed by atoms with Gasteiger partial charge in [-0.2, -0.15) is 13.2 Å². The SMILES string of the molecule is CCc1ccc(C(=O)Nc2cc(CN3CCN(C)CC3)cc(C(F)(F)F)c2)cc1C#Cc1cnc(NC)nc1. The molecule has 0 unspecified atom stereocenters. The average molecular weight is 537 g/mol. The zero-order chi connectivity index (χ0) is 28.0. The van der Waals surface area contributed by atoms with Crippen LogP contribution < -0.4 is 10.6 Å². The number of carbonyl (C=O) groups is 1. The average Bonchev–Trinajstić information content (AvgIpc) is 2.92. The number of hydrogen-bond acceptors (Lipinski definition) is 6. The molecule has 204 valence electrons. The van der Waals surface area contributed by atoms with Crippen LogP contribution in [0, 0.1) is 11.8 Å².